The highest BCUT2D eigenvalue weighted by Crippen LogP contribution is 1.97. The smallest absolute Gasteiger partial charge is 0.326 e. The van der Waals surface area contributed by atoms with Crippen molar-refractivity contribution in [2.45, 2.75) is 43.8 Å². The van der Waals surface area contributed by atoms with Gasteiger partial charge < -0.3 is 53.4 Å². The maximum Gasteiger partial charge on any atom is 0.326 e. The summed E-state index contributed by atoms with van der Waals surface area (Å²) in [4.78, 5) is 80.9. The molecular formula is C19H33N7O10. The highest BCUT2D eigenvalue weighted by molar-refractivity contribution is 5.93. The predicted octanol–water partition coefficient (Wildman–Crippen LogP) is -5.69. The van der Waals surface area contributed by atoms with Crippen molar-refractivity contribution < 1.29 is 48.9 Å². The number of aliphatic hydroxyl groups excluding tert-OH is 1. The van der Waals surface area contributed by atoms with Crippen LogP contribution in [0.15, 0.2) is 0 Å². The first kappa shape index (κ1) is 32.2. The van der Waals surface area contributed by atoms with E-state index in [9.17, 15) is 38.7 Å². The number of nitrogens with two attached hydrogens (primary N) is 2. The van der Waals surface area contributed by atoms with E-state index < -0.39 is 92.3 Å². The Bertz CT molecular complexity index is 807. The van der Waals surface area contributed by atoms with E-state index in [2.05, 4.69) is 16.0 Å². The van der Waals surface area contributed by atoms with Crippen LogP contribution < -0.4 is 38.1 Å². The number of unbranched alkanes of at least 4 members (excludes halogenated alkanes) is 1. The number of aliphatic hydroxyl groups is 1. The average Bonchev–Trinajstić information content (AvgIpc) is 2.82. The number of nitrogens with one attached hydrogen (secondary N) is 5. The van der Waals surface area contributed by atoms with Gasteiger partial charge in [0.2, 0.25) is 29.5 Å². The molecule has 204 valence electrons. The van der Waals surface area contributed by atoms with Crippen molar-refractivity contribution in [3.05, 3.63) is 0 Å². The van der Waals surface area contributed by atoms with E-state index in [0.717, 1.165) is 0 Å². The van der Waals surface area contributed by atoms with Crippen LogP contribution in [0.4, 0.5) is 0 Å². The van der Waals surface area contributed by atoms with Crippen LogP contribution in [0.3, 0.4) is 0 Å². The van der Waals surface area contributed by atoms with Crippen LogP contribution in [0, 0.1) is 0 Å². The molecule has 0 unspecified atom stereocenters. The van der Waals surface area contributed by atoms with E-state index >= 15 is 0 Å². The zero-order chi connectivity index (χ0) is 27.7. The lowest BCUT2D eigenvalue weighted by molar-refractivity contribution is -0.147. The monoisotopic (exact) mass is 519 g/mol. The molecule has 0 spiro atoms. The summed E-state index contributed by atoms with van der Waals surface area (Å²) in [6.07, 6.45) is 0.854. The van der Waals surface area contributed by atoms with E-state index in [4.69, 9.17) is 21.7 Å². The van der Waals surface area contributed by atoms with Gasteiger partial charge in [0.05, 0.1) is 38.7 Å². The minimum absolute atomic E-state index is 0.391. The molecule has 0 aromatic heterocycles. The van der Waals surface area contributed by atoms with Crippen molar-refractivity contribution in [1.29, 1.82) is 0 Å². The van der Waals surface area contributed by atoms with Gasteiger partial charge in [0.25, 0.3) is 0 Å². The fourth-order valence-corrected chi connectivity index (χ4v) is 2.53. The van der Waals surface area contributed by atoms with Gasteiger partial charge in [-0.05, 0) is 19.4 Å². The Morgan fingerprint density at radius 1 is 0.722 bits per heavy atom. The molecule has 0 saturated carbocycles. The molecule has 17 heteroatoms. The molecule has 0 radical (unpaired) electrons. The zero-order valence-electron chi connectivity index (χ0n) is 19.5. The molecule has 0 aliphatic rings. The molecule has 0 aliphatic heterocycles. The Hall–Kier alpha value is -3.83. The number of carbonyl (C=O) groups excluding carboxylic acids is 5. The molecular weight excluding hydrogens is 486 g/mol. The van der Waals surface area contributed by atoms with Crippen LogP contribution in [0.25, 0.3) is 0 Å². The fourth-order valence-electron chi connectivity index (χ4n) is 2.53. The molecule has 0 fully saturated rings. The lowest BCUT2D eigenvalue weighted by Crippen LogP contribution is -2.54. The van der Waals surface area contributed by atoms with Gasteiger partial charge in [-0.1, -0.05) is 6.42 Å². The Morgan fingerprint density at radius 2 is 1.25 bits per heavy atom. The molecule has 3 atom stereocenters. The van der Waals surface area contributed by atoms with Gasteiger partial charge in [0, 0.05) is 0 Å². The number of carbonyl (C=O) groups is 7. The van der Waals surface area contributed by atoms with Gasteiger partial charge in [-0.3, -0.25) is 28.8 Å². The molecule has 0 aromatic carbocycles. The van der Waals surface area contributed by atoms with E-state index in [1.165, 1.54) is 0 Å². The van der Waals surface area contributed by atoms with Crippen LogP contribution in [0.2, 0.25) is 0 Å². The molecule has 0 saturated heterocycles. The fraction of sp³-hybridized carbons (Fsp3) is 0.632. The van der Waals surface area contributed by atoms with Crippen molar-refractivity contribution in [3.8, 4) is 0 Å². The quantitative estimate of drug-likeness (QED) is 0.0758. The van der Waals surface area contributed by atoms with Crippen LogP contribution in [-0.4, -0.2) is 108 Å². The van der Waals surface area contributed by atoms with E-state index in [0.29, 0.717) is 25.8 Å². The number of carboxylic acid groups (broad SMARTS) is 2. The first-order valence-electron chi connectivity index (χ1n) is 10.8. The van der Waals surface area contributed by atoms with Crippen molar-refractivity contribution in [3.63, 3.8) is 0 Å². The Labute approximate surface area is 205 Å². The molecule has 12 N–H and O–H groups in total. The number of carboxylic acids is 2. The second kappa shape index (κ2) is 17.6. The summed E-state index contributed by atoms with van der Waals surface area (Å²) in [5.74, 6) is -7.23. The van der Waals surface area contributed by atoms with Crippen LogP contribution >= 0.6 is 0 Å². The van der Waals surface area contributed by atoms with Gasteiger partial charge in [-0.15, -0.1) is 0 Å². The van der Waals surface area contributed by atoms with E-state index in [1.807, 2.05) is 10.6 Å². The number of hydrogen-bond donors (Lipinski definition) is 10. The van der Waals surface area contributed by atoms with Crippen LogP contribution in [0.5, 0.6) is 0 Å². The van der Waals surface area contributed by atoms with Crippen molar-refractivity contribution in [2.24, 2.45) is 11.5 Å². The van der Waals surface area contributed by atoms with Crippen LogP contribution in [-0.2, 0) is 33.6 Å². The molecule has 0 rings (SSSR count). The standard InChI is InChI=1S/C19H33N7O10/c20-4-2-1-3-10(21)17(33)23-6-13(28)22-7-14(29)26-12(9-27)18(34)24-8-15(30)25-11(19(35)36)5-16(31)32/h10-12,27H,1-9,20-21H2,(H,22,28)(H,23,33)(H,24,34)(H,25,30)(H,26,29)(H,31,32)(H,35,36)/t10-,11-,12-/m0/s1. The summed E-state index contributed by atoms with van der Waals surface area (Å²) in [5, 5.41) is 37.4. The van der Waals surface area contributed by atoms with Crippen LogP contribution in [0.1, 0.15) is 25.7 Å². The SMILES string of the molecule is NCCCC[C@H](N)C(=O)NCC(=O)NCC(=O)N[C@@H](CO)C(=O)NCC(=O)N[C@@H](CC(=O)O)C(=O)O. The maximum absolute atomic E-state index is 12.1. The third kappa shape index (κ3) is 14.4. The van der Waals surface area contributed by atoms with Crippen molar-refractivity contribution >= 4 is 41.5 Å². The molecule has 0 bridgehead atoms. The Balaban J connectivity index is 4.42. The Kier molecular flexibility index (Phi) is 15.7. The molecule has 17 nitrogen and oxygen atoms in total. The number of hydrogen-bond acceptors (Lipinski definition) is 10. The lowest BCUT2D eigenvalue weighted by Gasteiger charge is -2.17. The highest BCUT2D eigenvalue weighted by Gasteiger charge is 2.25. The summed E-state index contributed by atoms with van der Waals surface area (Å²) in [5.41, 5.74) is 11.0. The summed E-state index contributed by atoms with van der Waals surface area (Å²) >= 11 is 0. The van der Waals surface area contributed by atoms with Crippen molar-refractivity contribution in [1.82, 2.24) is 26.6 Å². The van der Waals surface area contributed by atoms with Gasteiger partial charge in [-0.25, -0.2) is 4.79 Å². The first-order chi connectivity index (χ1) is 16.9. The number of rotatable bonds is 18. The normalized spacial score (nSPS) is 12.9. The predicted molar refractivity (Wildman–Crippen MR) is 121 cm³/mol. The second-order valence-corrected chi connectivity index (χ2v) is 7.46. The second-order valence-electron chi connectivity index (χ2n) is 7.46. The minimum atomic E-state index is -1.72. The largest absolute Gasteiger partial charge is 0.481 e. The average molecular weight is 520 g/mol. The van der Waals surface area contributed by atoms with Gasteiger partial charge >= 0.3 is 11.9 Å². The molecule has 5 amide bonds. The number of amides is 5. The summed E-state index contributed by atoms with van der Waals surface area (Å²) in [6.45, 7) is -2.22. The number of aliphatic carboxylic acids is 2. The summed E-state index contributed by atoms with van der Waals surface area (Å²) < 4.78 is 0. The maximum atomic E-state index is 12.1. The summed E-state index contributed by atoms with van der Waals surface area (Å²) in [7, 11) is 0. The van der Waals surface area contributed by atoms with Gasteiger partial charge in [-0.2, -0.15) is 0 Å². The van der Waals surface area contributed by atoms with Gasteiger partial charge in [0.1, 0.15) is 12.1 Å². The first-order valence-corrected chi connectivity index (χ1v) is 10.8. The topological polar surface area (TPSA) is 292 Å². The summed E-state index contributed by atoms with van der Waals surface area (Å²) in [6, 6.07) is -4.05. The van der Waals surface area contributed by atoms with E-state index in [-0.39, 0.29) is 0 Å². The van der Waals surface area contributed by atoms with Crippen molar-refractivity contribution in [2.75, 3.05) is 32.8 Å². The highest BCUT2D eigenvalue weighted by atomic mass is 16.4. The van der Waals surface area contributed by atoms with E-state index in [1.54, 1.807) is 0 Å². The zero-order valence-corrected chi connectivity index (χ0v) is 19.5. The van der Waals surface area contributed by atoms with Gasteiger partial charge in [0.15, 0.2) is 0 Å². The third-order valence-electron chi connectivity index (χ3n) is 4.44. The molecule has 0 heterocycles. The molecule has 0 aliphatic carbocycles. The molecule has 36 heavy (non-hydrogen) atoms. The Morgan fingerprint density at radius 3 is 1.78 bits per heavy atom. The third-order valence-corrected chi connectivity index (χ3v) is 4.44. The molecule has 0 aromatic rings. The lowest BCUT2D eigenvalue weighted by atomic mass is 10.1. The minimum Gasteiger partial charge on any atom is -0.481 e.